The summed E-state index contributed by atoms with van der Waals surface area (Å²) in [5.74, 6) is 1.87. The monoisotopic (exact) mass is 420 g/mol. The molecule has 0 N–H and O–H groups in total. The molecule has 3 aliphatic rings. The normalized spacial score (nSPS) is 21.8. The molecule has 0 amide bonds. The Labute approximate surface area is 183 Å². The molecule has 2 fully saturated rings. The molecule has 0 spiro atoms. The SMILES string of the molecule is Cc1cccc(-c2ccn(C3=NC(OCC4CCCO4)=NC(=[N+]4CCCCC4)C3)n2)c1. The molecular weight excluding hydrogens is 390 g/mol. The molecule has 7 nitrogen and oxygen atoms in total. The van der Waals surface area contributed by atoms with Crippen LogP contribution in [0.4, 0.5) is 0 Å². The highest BCUT2D eigenvalue weighted by atomic mass is 16.5. The van der Waals surface area contributed by atoms with E-state index in [-0.39, 0.29) is 6.10 Å². The molecule has 31 heavy (non-hydrogen) atoms. The Kier molecular flexibility index (Phi) is 5.93. The molecule has 5 rings (SSSR count). The molecule has 2 aromatic rings. The molecule has 0 aliphatic carbocycles. The van der Waals surface area contributed by atoms with Crippen molar-refractivity contribution in [1.82, 2.24) is 9.78 Å². The van der Waals surface area contributed by atoms with Crippen LogP contribution in [0.5, 0.6) is 0 Å². The van der Waals surface area contributed by atoms with Gasteiger partial charge in [0.25, 0.3) is 0 Å². The first-order valence-electron chi connectivity index (χ1n) is 11.4. The van der Waals surface area contributed by atoms with Gasteiger partial charge in [0.05, 0.1) is 24.9 Å². The van der Waals surface area contributed by atoms with Crippen LogP contribution in [0.2, 0.25) is 0 Å². The Bertz CT molecular complexity index is 1020. The molecule has 0 saturated carbocycles. The lowest BCUT2D eigenvalue weighted by Gasteiger charge is -2.17. The fourth-order valence-electron chi connectivity index (χ4n) is 4.37. The number of aryl methyl sites for hydroxylation is 1. The summed E-state index contributed by atoms with van der Waals surface area (Å²) in [6.45, 7) is 5.49. The molecule has 1 unspecified atom stereocenters. The van der Waals surface area contributed by atoms with E-state index >= 15 is 0 Å². The molecule has 4 heterocycles. The number of hydrogen-bond donors (Lipinski definition) is 0. The first-order valence-corrected chi connectivity index (χ1v) is 11.4. The number of piperidine rings is 1. The summed E-state index contributed by atoms with van der Waals surface area (Å²) < 4.78 is 15.9. The summed E-state index contributed by atoms with van der Waals surface area (Å²) in [5.41, 5.74) is 3.27. The highest BCUT2D eigenvalue weighted by Gasteiger charge is 2.29. The second-order valence-electron chi connectivity index (χ2n) is 8.52. The van der Waals surface area contributed by atoms with E-state index in [2.05, 4.69) is 35.8 Å². The number of benzene rings is 1. The van der Waals surface area contributed by atoms with Gasteiger partial charge in [0.1, 0.15) is 18.9 Å². The first-order chi connectivity index (χ1) is 15.2. The second kappa shape index (κ2) is 9.14. The quantitative estimate of drug-likeness (QED) is 0.712. The molecule has 162 valence electrons. The third-order valence-corrected chi connectivity index (χ3v) is 6.08. The van der Waals surface area contributed by atoms with Crippen molar-refractivity contribution in [1.29, 1.82) is 0 Å². The smallest absolute Gasteiger partial charge is 0.435 e. The summed E-state index contributed by atoms with van der Waals surface area (Å²) in [4.78, 5) is 9.50. The fraction of sp³-hybridized carbons (Fsp3) is 0.500. The molecule has 0 radical (unpaired) electrons. The predicted molar refractivity (Wildman–Crippen MR) is 121 cm³/mol. The van der Waals surface area contributed by atoms with Gasteiger partial charge >= 0.3 is 11.9 Å². The van der Waals surface area contributed by atoms with Crippen LogP contribution in [0.15, 0.2) is 46.5 Å². The van der Waals surface area contributed by atoms with Crippen LogP contribution in [0, 0.1) is 6.92 Å². The van der Waals surface area contributed by atoms with Crippen molar-refractivity contribution >= 4 is 17.7 Å². The number of aliphatic imine (C=N–C) groups is 2. The lowest BCUT2D eigenvalue weighted by Crippen LogP contribution is -2.33. The maximum atomic E-state index is 6.00. The summed E-state index contributed by atoms with van der Waals surface area (Å²) in [5, 5.41) is 4.82. The molecule has 7 heteroatoms. The van der Waals surface area contributed by atoms with E-state index in [1.165, 1.54) is 24.8 Å². The van der Waals surface area contributed by atoms with Crippen molar-refractivity contribution in [2.75, 3.05) is 26.3 Å². The second-order valence-corrected chi connectivity index (χ2v) is 8.52. The zero-order valence-corrected chi connectivity index (χ0v) is 18.2. The molecular formula is C24H30N5O2+. The minimum Gasteiger partial charge on any atom is -0.442 e. The van der Waals surface area contributed by atoms with E-state index in [1.807, 2.05) is 16.9 Å². The summed E-state index contributed by atoms with van der Waals surface area (Å²) in [6.07, 6.45) is 8.60. The number of rotatable bonds is 3. The maximum Gasteiger partial charge on any atom is 0.435 e. The van der Waals surface area contributed by atoms with Gasteiger partial charge in [-0.25, -0.2) is 4.68 Å². The van der Waals surface area contributed by atoms with Gasteiger partial charge in [-0.3, -0.25) is 4.58 Å². The highest BCUT2D eigenvalue weighted by molar-refractivity contribution is 6.12. The minimum atomic E-state index is 0.138. The van der Waals surface area contributed by atoms with Crippen LogP contribution in [-0.4, -0.2) is 64.5 Å². The predicted octanol–water partition coefficient (Wildman–Crippen LogP) is 3.66. The van der Waals surface area contributed by atoms with Crippen LogP contribution in [0.25, 0.3) is 11.3 Å². The first kappa shape index (κ1) is 20.1. The number of hydrogen-bond acceptors (Lipinski definition) is 4. The number of aromatic nitrogens is 2. The van der Waals surface area contributed by atoms with E-state index in [0.29, 0.717) is 19.0 Å². The van der Waals surface area contributed by atoms with Gasteiger partial charge in [-0.1, -0.05) is 23.8 Å². The molecule has 0 bridgehead atoms. The van der Waals surface area contributed by atoms with Crippen LogP contribution in [0.1, 0.15) is 44.1 Å². The Balaban J connectivity index is 1.41. The minimum absolute atomic E-state index is 0.138. The van der Waals surface area contributed by atoms with Gasteiger partial charge in [0, 0.05) is 23.4 Å². The lowest BCUT2D eigenvalue weighted by atomic mass is 10.1. The summed E-state index contributed by atoms with van der Waals surface area (Å²) in [7, 11) is 0. The van der Waals surface area contributed by atoms with Crippen LogP contribution >= 0.6 is 0 Å². The van der Waals surface area contributed by atoms with E-state index in [4.69, 9.17) is 24.6 Å². The third kappa shape index (κ3) is 4.77. The summed E-state index contributed by atoms with van der Waals surface area (Å²) in [6, 6.07) is 10.9. The van der Waals surface area contributed by atoms with Crippen LogP contribution in [-0.2, 0) is 9.47 Å². The van der Waals surface area contributed by atoms with Crippen molar-refractivity contribution in [2.24, 2.45) is 9.98 Å². The van der Waals surface area contributed by atoms with Crippen LogP contribution < -0.4 is 0 Å². The van der Waals surface area contributed by atoms with Gasteiger partial charge in [0.2, 0.25) is 0 Å². The van der Waals surface area contributed by atoms with Crippen LogP contribution in [0.3, 0.4) is 0 Å². The number of nitrogens with zero attached hydrogens (tertiary/aromatic N) is 5. The molecule has 3 aliphatic heterocycles. The lowest BCUT2D eigenvalue weighted by molar-refractivity contribution is -0.538. The Morgan fingerprint density at radius 1 is 1.13 bits per heavy atom. The molecule has 2 saturated heterocycles. The topological polar surface area (TPSA) is 64.0 Å². The van der Waals surface area contributed by atoms with Crippen molar-refractivity contribution < 1.29 is 14.0 Å². The average molecular weight is 421 g/mol. The third-order valence-electron chi connectivity index (χ3n) is 6.08. The fourth-order valence-corrected chi connectivity index (χ4v) is 4.37. The Morgan fingerprint density at radius 2 is 2.03 bits per heavy atom. The van der Waals surface area contributed by atoms with Crippen molar-refractivity contribution in [3.05, 3.63) is 42.1 Å². The zero-order valence-electron chi connectivity index (χ0n) is 18.2. The standard InChI is InChI=1S/C24H30N5O2/c1-18-7-5-8-19(15-18)21-10-13-29(27-21)23-16-22(28-11-3-2-4-12-28)25-24(26-23)31-17-20-9-6-14-30-20/h5,7-8,10,13,15,20H,2-4,6,9,11-12,14,16-17H2,1H3/q+1. The van der Waals surface area contributed by atoms with Crippen molar-refractivity contribution in [3.63, 3.8) is 0 Å². The highest BCUT2D eigenvalue weighted by Crippen LogP contribution is 2.19. The largest absolute Gasteiger partial charge is 0.442 e. The zero-order chi connectivity index (χ0) is 21.0. The van der Waals surface area contributed by atoms with E-state index in [1.54, 1.807) is 0 Å². The number of ether oxygens (including phenoxy) is 2. The van der Waals surface area contributed by atoms with Gasteiger partial charge in [-0.15, -0.1) is 0 Å². The molecule has 1 aromatic heterocycles. The summed E-state index contributed by atoms with van der Waals surface area (Å²) >= 11 is 0. The molecule has 1 aromatic carbocycles. The van der Waals surface area contributed by atoms with Gasteiger partial charge < -0.3 is 9.47 Å². The van der Waals surface area contributed by atoms with Crippen molar-refractivity contribution in [3.8, 4) is 11.3 Å². The Morgan fingerprint density at radius 3 is 2.84 bits per heavy atom. The van der Waals surface area contributed by atoms with Crippen molar-refractivity contribution in [2.45, 2.75) is 51.6 Å². The van der Waals surface area contributed by atoms with E-state index < -0.39 is 0 Å². The van der Waals surface area contributed by atoms with E-state index in [9.17, 15) is 0 Å². The number of amidine groups is 2. The maximum absolute atomic E-state index is 6.00. The average Bonchev–Trinajstić information content (AvgIpc) is 3.51. The van der Waals surface area contributed by atoms with E-state index in [0.717, 1.165) is 55.5 Å². The van der Waals surface area contributed by atoms with Gasteiger partial charge in [-0.05, 0) is 51.2 Å². The Hall–Kier alpha value is -2.80. The van der Waals surface area contributed by atoms with Gasteiger partial charge in [-0.2, -0.15) is 10.1 Å². The van der Waals surface area contributed by atoms with Gasteiger partial charge in [0.15, 0.2) is 0 Å². The molecule has 1 atom stereocenters.